The van der Waals surface area contributed by atoms with Gasteiger partial charge in [-0.15, -0.1) is 0 Å². The SMILES string of the molecule is C[P+](c1ccccc1)(c1ccccc1)c1ccccc1-c1nsc(Cl)n1.[I-]. The van der Waals surface area contributed by atoms with Crippen molar-refractivity contribution in [3.8, 4) is 11.4 Å². The van der Waals surface area contributed by atoms with Crippen molar-refractivity contribution in [3.05, 3.63) is 89.4 Å². The van der Waals surface area contributed by atoms with Crippen molar-refractivity contribution in [3.63, 3.8) is 0 Å². The number of nitrogens with zero attached hydrogens (tertiary/aromatic N) is 2. The summed E-state index contributed by atoms with van der Waals surface area (Å²) in [6, 6.07) is 29.9. The molecule has 4 aromatic rings. The molecule has 136 valence electrons. The average Bonchev–Trinajstić information content (AvgIpc) is 3.15. The fraction of sp³-hybridized carbons (Fsp3) is 0.0476. The second-order valence-electron chi connectivity index (χ2n) is 6.07. The van der Waals surface area contributed by atoms with Gasteiger partial charge in [-0.2, -0.15) is 4.37 Å². The smallest absolute Gasteiger partial charge is 0.203 e. The van der Waals surface area contributed by atoms with Crippen LogP contribution in [0.1, 0.15) is 0 Å². The van der Waals surface area contributed by atoms with Crippen molar-refractivity contribution >= 4 is 46.3 Å². The van der Waals surface area contributed by atoms with Crippen LogP contribution >= 0.6 is 30.4 Å². The topological polar surface area (TPSA) is 25.8 Å². The van der Waals surface area contributed by atoms with E-state index >= 15 is 0 Å². The molecule has 0 saturated carbocycles. The average molecular weight is 523 g/mol. The van der Waals surface area contributed by atoms with E-state index in [9.17, 15) is 0 Å². The van der Waals surface area contributed by atoms with Gasteiger partial charge >= 0.3 is 0 Å². The molecule has 0 aliphatic carbocycles. The van der Waals surface area contributed by atoms with E-state index in [1.165, 1.54) is 27.4 Å². The lowest BCUT2D eigenvalue weighted by Gasteiger charge is -2.24. The number of aromatic nitrogens is 2. The van der Waals surface area contributed by atoms with Crippen LogP contribution in [0.15, 0.2) is 84.9 Å². The van der Waals surface area contributed by atoms with E-state index in [0.717, 1.165) is 5.56 Å². The van der Waals surface area contributed by atoms with E-state index in [0.29, 0.717) is 10.3 Å². The van der Waals surface area contributed by atoms with Gasteiger partial charge in [0.05, 0.1) is 12.2 Å². The number of benzene rings is 3. The van der Waals surface area contributed by atoms with Crippen LogP contribution in [-0.4, -0.2) is 16.0 Å². The highest BCUT2D eigenvalue weighted by atomic mass is 127. The van der Waals surface area contributed by atoms with Gasteiger partial charge in [0.15, 0.2) is 5.82 Å². The summed E-state index contributed by atoms with van der Waals surface area (Å²) in [7, 11) is -1.84. The Hall–Kier alpha value is -1.33. The van der Waals surface area contributed by atoms with E-state index < -0.39 is 7.26 Å². The molecule has 0 amide bonds. The number of halogens is 2. The quantitative estimate of drug-likeness (QED) is 0.302. The maximum Gasteiger partial charge on any atom is 0.203 e. The summed E-state index contributed by atoms with van der Waals surface area (Å²) in [5.74, 6) is 0.702. The normalized spacial score (nSPS) is 11.0. The molecule has 0 N–H and O–H groups in total. The van der Waals surface area contributed by atoms with E-state index in [1.54, 1.807) is 0 Å². The lowest BCUT2D eigenvalue weighted by atomic mass is 10.2. The maximum absolute atomic E-state index is 6.06. The standard InChI is InChI=1S/C21H17ClN2PS.HI/c1-25(16-10-4-2-5-11-16,17-12-6-3-7-13-17)19-15-9-8-14-18(19)20-23-21(22)26-24-20;/h2-15H,1H3;1H/q+1;/p-1. The molecule has 0 atom stereocenters. The Balaban J connectivity index is 0.00000210. The van der Waals surface area contributed by atoms with Crippen LogP contribution in [0.5, 0.6) is 0 Å². The zero-order chi connectivity index (χ0) is 18.0. The van der Waals surface area contributed by atoms with E-state index in [2.05, 4.69) is 94.9 Å². The van der Waals surface area contributed by atoms with Crippen molar-refractivity contribution in [2.24, 2.45) is 0 Å². The summed E-state index contributed by atoms with van der Waals surface area (Å²) < 4.78 is 4.93. The third-order valence-corrected chi connectivity index (χ3v) is 9.39. The summed E-state index contributed by atoms with van der Waals surface area (Å²) in [5, 5.41) is 3.94. The van der Waals surface area contributed by atoms with Gasteiger partial charge in [-0.3, -0.25) is 0 Å². The summed E-state index contributed by atoms with van der Waals surface area (Å²) in [6.07, 6.45) is 0. The van der Waals surface area contributed by atoms with E-state index in [4.69, 9.17) is 11.6 Å². The number of rotatable bonds is 4. The van der Waals surface area contributed by atoms with Crippen LogP contribution in [0.25, 0.3) is 11.4 Å². The third kappa shape index (κ3) is 3.95. The third-order valence-electron chi connectivity index (χ3n) is 4.57. The molecule has 0 unspecified atom stereocenters. The van der Waals surface area contributed by atoms with Gasteiger partial charge in [-0.05, 0) is 59.5 Å². The molecule has 2 nitrogen and oxygen atoms in total. The van der Waals surface area contributed by atoms with Crippen LogP contribution < -0.4 is 39.9 Å². The molecule has 27 heavy (non-hydrogen) atoms. The minimum Gasteiger partial charge on any atom is -1.00 e. The molecule has 1 aromatic heterocycles. The summed E-state index contributed by atoms with van der Waals surface area (Å²) in [6.45, 7) is 2.37. The largest absolute Gasteiger partial charge is 1.00 e. The minimum atomic E-state index is -1.84. The van der Waals surface area contributed by atoms with Gasteiger partial charge < -0.3 is 24.0 Å². The molecule has 3 aromatic carbocycles. The van der Waals surface area contributed by atoms with Gasteiger partial charge in [0.25, 0.3) is 0 Å². The maximum atomic E-state index is 6.06. The number of hydrogen-bond donors (Lipinski definition) is 0. The first-order chi connectivity index (χ1) is 12.7. The first kappa shape index (κ1) is 20.4. The molecule has 1 heterocycles. The van der Waals surface area contributed by atoms with Crippen LogP contribution in [0.3, 0.4) is 0 Å². The van der Waals surface area contributed by atoms with Gasteiger partial charge in [-0.1, -0.05) is 48.5 Å². The lowest BCUT2D eigenvalue weighted by molar-refractivity contribution is -0.00000506. The lowest BCUT2D eigenvalue weighted by Crippen LogP contribution is -3.00. The Morgan fingerprint density at radius 1 is 0.778 bits per heavy atom. The van der Waals surface area contributed by atoms with Crippen LogP contribution in [0.4, 0.5) is 0 Å². The monoisotopic (exact) mass is 522 g/mol. The second kappa shape index (κ2) is 8.78. The predicted octanol–water partition coefficient (Wildman–Crippen LogP) is 1.79. The van der Waals surface area contributed by atoms with E-state index in [1.807, 2.05) is 6.07 Å². The molecule has 0 aliphatic rings. The summed E-state index contributed by atoms with van der Waals surface area (Å²) >= 11 is 7.29. The molecular formula is C21H17ClIN2PS. The van der Waals surface area contributed by atoms with Gasteiger partial charge in [0.2, 0.25) is 4.47 Å². The van der Waals surface area contributed by atoms with Crippen molar-refractivity contribution in [1.82, 2.24) is 9.36 Å². The number of hydrogen-bond acceptors (Lipinski definition) is 3. The van der Waals surface area contributed by atoms with Crippen molar-refractivity contribution in [2.75, 3.05) is 6.66 Å². The Morgan fingerprint density at radius 2 is 1.30 bits per heavy atom. The molecule has 4 rings (SSSR count). The Bertz CT molecular complexity index is 985. The predicted molar refractivity (Wildman–Crippen MR) is 115 cm³/mol. The van der Waals surface area contributed by atoms with Crippen molar-refractivity contribution in [2.45, 2.75) is 0 Å². The highest BCUT2D eigenvalue weighted by Crippen LogP contribution is 2.53. The van der Waals surface area contributed by atoms with Gasteiger partial charge in [-0.25, -0.2) is 4.98 Å². The molecule has 0 bridgehead atoms. The van der Waals surface area contributed by atoms with Crippen LogP contribution in [0, 0.1) is 0 Å². The highest BCUT2D eigenvalue weighted by Gasteiger charge is 2.42. The van der Waals surface area contributed by atoms with E-state index in [-0.39, 0.29) is 24.0 Å². The fourth-order valence-electron chi connectivity index (χ4n) is 3.25. The molecular weight excluding hydrogens is 506 g/mol. The summed E-state index contributed by atoms with van der Waals surface area (Å²) in [4.78, 5) is 4.43. The van der Waals surface area contributed by atoms with Gasteiger partial charge in [0.1, 0.15) is 23.2 Å². The molecule has 0 fully saturated rings. The Labute approximate surface area is 186 Å². The molecule has 0 aliphatic heterocycles. The Kier molecular flexibility index (Phi) is 6.64. The molecule has 0 saturated heterocycles. The summed E-state index contributed by atoms with van der Waals surface area (Å²) in [5.41, 5.74) is 1.05. The first-order valence-electron chi connectivity index (χ1n) is 8.26. The Morgan fingerprint density at radius 3 is 1.81 bits per heavy atom. The minimum absolute atomic E-state index is 0. The fourth-order valence-corrected chi connectivity index (χ4v) is 7.29. The second-order valence-corrected chi connectivity index (χ2v) is 10.9. The van der Waals surface area contributed by atoms with Crippen molar-refractivity contribution in [1.29, 1.82) is 0 Å². The van der Waals surface area contributed by atoms with Crippen molar-refractivity contribution < 1.29 is 24.0 Å². The molecule has 6 heteroatoms. The molecule has 0 radical (unpaired) electrons. The van der Waals surface area contributed by atoms with Crippen LogP contribution in [0.2, 0.25) is 4.47 Å². The molecule has 0 spiro atoms. The highest BCUT2D eigenvalue weighted by molar-refractivity contribution is 7.95. The zero-order valence-corrected chi connectivity index (χ0v) is 19.2. The van der Waals surface area contributed by atoms with Crippen LogP contribution in [-0.2, 0) is 0 Å². The van der Waals surface area contributed by atoms with Gasteiger partial charge in [0, 0.05) is 0 Å². The first-order valence-corrected chi connectivity index (χ1v) is 11.7. The zero-order valence-electron chi connectivity index (χ0n) is 14.6.